The average Bonchev–Trinajstić information content (AvgIpc) is 2.30. The summed E-state index contributed by atoms with van der Waals surface area (Å²) in [4.78, 5) is 2.29. The highest BCUT2D eigenvalue weighted by molar-refractivity contribution is 6.31. The molecular formula is C13H20ClNO. The van der Waals surface area contributed by atoms with E-state index in [0.29, 0.717) is 5.02 Å². The minimum absolute atomic E-state index is 0.464. The second kappa shape index (κ2) is 6.89. The smallest absolute Gasteiger partial charge is 0.0816 e. The van der Waals surface area contributed by atoms with Crippen molar-refractivity contribution >= 4 is 11.6 Å². The summed E-state index contributed by atoms with van der Waals surface area (Å²) < 4.78 is 0. The van der Waals surface area contributed by atoms with Crippen molar-refractivity contribution < 1.29 is 5.11 Å². The summed E-state index contributed by atoms with van der Waals surface area (Å²) in [7, 11) is 0. The number of hydrogen-bond acceptors (Lipinski definition) is 2. The molecule has 0 aliphatic carbocycles. The van der Waals surface area contributed by atoms with Crippen molar-refractivity contribution in [2.75, 3.05) is 19.6 Å². The minimum atomic E-state index is -0.464. The Kier molecular flexibility index (Phi) is 5.81. The van der Waals surface area contributed by atoms with Gasteiger partial charge in [-0.1, -0.05) is 43.6 Å². The SMILES string of the molecule is CCN(CC)CCC(O)c1ccccc1Cl. The second-order valence-electron chi connectivity index (χ2n) is 3.85. The fourth-order valence-corrected chi connectivity index (χ4v) is 2.01. The molecule has 0 saturated heterocycles. The number of rotatable bonds is 6. The van der Waals surface area contributed by atoms with Crippen molar-refractivity contribution in [3.63, 3.8) is 0 Å². The highest BCUT2D eigenvalue weighted by Gasteiger charge is 2.11. The van der Waals surface area contributed by atoms with Crippen molar-refractivity contribution in [3.05, 3.63) is 34.9 Å². The van der Waals surface area contributed by atoms with Crippen molar-refractivity contribution in [1.82, 2.24) is 4.90 Å². The summed E-state index contributed by atoms with van der Waals surface area (Å²) in [5.41, 5.74) is 0.830. The quantitative estimate of drug-likeness (QED) is 0.827. The molecule has 16 heavy (non-hydrogen) atoms. The largest absolute Gasteiger partial charge is 0.388 e. The average molecular weight is 242 g/mol. The Bertz CT molecular complexity index is 313. The number of hydrogen-bond donors (Lipinski definition) is 1. The summed E-state index contributed by atoms with van der Waals surface area (Å²) >= 11 is 6.03. The lowest BCUT2D eigenvalue weighted by molar-refractivity contribution is 0.145. The molecule has 90 valence electrons. The zero-order valence-corrected chi connectivity index (χ0v) is 10.7. The Hall–Kier alpha value is -0.570. The fourth-order valence-electron chi connectivity index (χ4n) is 1.75. The van der Waals surface area contributed by atoms with Gasteiger partial charge in [0.2, 0.25) is 0 Å². The minimum Gasteiger partial charge on any atom is -0.388 e. The van der Waals surface area contributed by atoms with E-state index in [1.165, 1.54) is 0 Å². The molecule has 1 aromatic carbocycles. The van der Waals surface area contributed by atoms with Crippen molar-refractivity contribution in [1.29, 1.82) is 0 Å². The van der Waals surface area contributed by atoms with Crippen LogP contribution in [0.3, 0.4) is 0 Å². The maximum Gasteiger partial charge on any atom is 0.0816 e. The van der Waals surface area contributed by atoms with Crippen LogP contribution in [-0.2, 0) is 0 Å². The van der Waals surface area contributed by atoms with Gasteiger partial charge in [0, 0.05) is 11.6 Å². The van der Waals surface area contributed by atoms with Gasteiger partial charge in [0.15, 0.2) is 0 Å². The Morgan fingerprint density at radius 1 is 1.25 bits per heavy atom. The van der Waals surface area contributed by atoms with E-state index in [1.807, 2.05) is 24.3 Å². The maximum absolute atomic E-state index is 10.0. The van der Waals surface area contributed by atoms with Crippen molar-refractivity contribution in [3.8, 4) is 0 Å². The van der Waals surface area contributed by atoms with Crippen LogP contribution in [0.25, 0.3) is 0 Å². The molecule has 2 nitrogen and oxygen atoms in total. The first kappa shape index (κ1) is 13.5. The van der Waals surface area contributed by atoms with E-state index in [0.717, 1.165) is 31.6 Å². The first-order valence-corrected chi connectivity index (χ1v) is 6.21. The fraction of sp³-hybridized carbons (Fsp3) is 0.538. The van der Waals surface area contributed by atoms with Gasteiger partial charge in [0.1, 0.15) is 0 Å². The third kappa shape index (κ3) is 3.78. The lowest BCUT2D eigenvalue weighted by atomic mass is 10.1. The van der Waals surface area contributed by atoms with Gasteiger partial charge in [-0.3, -0.25) is 0 Å². The lowest BCUT2D eigenvalue weighted by Crippen LogP contribution is -2.25. The van der Waals surface area contributed by atoms with E-state index < -0.39 is 6.10 Å². The molecule has 0 fully saturated rings. The number of benzene rings is 1. The summed E-state index contributed by atoms with van der Waals surface area (Å²) in [6.45, 7) is 7.20. The molecule has 0 heterocycles. The Morgan fingerprint density at radius 3 is 2.44 bits per heavy atom. The van der Waals surface area contributed by atoms with Crippen LogP contribution in [0.5, 0.6) is 0 Å². The van der Waals surface area contributed by atoms with Crippen LogP contribution in [0.1, 0.15) is 31.9 Å². The van der Waals surface area contributed by atoms with E-state index in [-0.39, 0.29) is 0 Å². The topological polar surface area (TPSA) is 23.5 Å². The monoisotopic (exact) mass is 241 g/mol. The Labute approximate surface area is 103 Å². The van der Waals surface area contributed by atoms with E-state index in [1.54, 1.807) is 0 Å². The molecule has 3 heteroatoms. The van der Waals surface area contributed by atoms with Crippen LogP contribution < -0.4 is 0 Å². The zero-order valence-electron chi connectivity index (χ0n) is 9.99. The molecule has 1 N–H and O–H groups in total. The van der Waals surface area contributed by atoms with E-state index in [4.69, 9.17) is 11.6 Å². The summed E-state index contributed by atoms with van der Waals surface area (Å²) in [6.07, 6.45) is 0.264. The molecule has 0 aliphatic rings. The van der Waals surface area contributed by atoms with Crippen LogP contribution in [0, 0.1) is 0 Å². The molecule has 1 aromatic rings. The molecule has 0 amide bonds. The number of aliphatic hydroxyl groups excluding tert-OH is 1. The highest BCUT2D eigenvalue weighted by Crippen LogP contribution is 2.24. The van der Waals surface area contributed by atoms with Gasteiger partial charge in [-0.2, -0.15) is 0 Å². The van der Waals surface area contributed by atoms with Gasteiger partial charge in [-0.05, 0) is 31.1 Å². The molecule has 0 spiro atoms. The standard InChI is InChI=1S/C13H20ClNO/c1-3-15(4-2)10-9-13(16)11-7-5-6-8-12(11)14/h5-8,13,16H,3-4,9-10H2,1-2H3. The molecular weight excluding hydrogens is 222 g/mol. The molecule has 1 unspecified atom stereocenters. The van der Waals surface area contributed by atoms with Crippen molar-refractivity contribution in [2.24, 2.45) is 0 Å². The number of halogens is 1. The first-order chi connectivity index (χ1) is 7.69. The molecule has 0 aliphatic heterocycles. The van der Waals surface area contributed by atoms with Crippen LogP contribution in [0.15, 0.2) is 24.3 Å². The molecule has 0 radical (unpaired) electrons. The van der Waals surface area contributed by atoms with Gasteiger partial charge in [0.25, 0.3) is 0 Å². The Balaban J connectivity index is 2.52. The van der Waals surface area contributed by atoms with E-state index >= 15 is 0 Å². The molecule has 0 aromatic heterocycles. The van der Waals surface area contributed by atoms with E-state index in [9.17, 15) is 5.11 Å². The number of aliphatic hydroxyl groups is 1. The maximum atomic E-state index is 10.0. The van der Waals surface area contributed by atoms with Gasteiger partial charge in [-0.25, -0.2) is 0 Å². The predicted molar refractivity (Wildman–Crippen MR) is 68.8 cm³/mol. The van der Waals surface area contributed by atoms with Gasteiger partial charge < -0.3 is 10.0 Å². The molecule has 0 bridgehead atoms. The van der Waals surface area contributed by atoms with Crippen LogP contribution in [0.2, 0.25) is 5.02 Å². The lowest BCUT2D eigenvalue weighted by Gasteiger charge is -2.20. The van der Waals surface area contributed by atoms with E-state index in [2.05, 4.69) is 18.7 Å². The van der Waals surface area contributed by atoms with Crippen LogP contribution >= 0.6 is 11.6 Å². The zero-order chi connectivity index (χ0) is 12.0. The van der Waals surface area contributed by atoms with Gasteiger partial charge >= 0.3 is 0 Å². The molecule has 1 rings (SSSR count). The third-order valence-corrected chi connectivity index (χ3v) is 3.22. The summed E-state index contributed by atoms with van der Waals surface area (Å²) in [5, 5.41) is 10.7. The van der Waals surface area contributed by atoms with Crippen LogP contribution in [0.4, 0.5) is 0 Å². The van der Waals surface area contributed by atoms with Crippen molar-refractivity contribution in [2.45, 2.75) is 26.4 Å². The van der Waals surface area contributed by atoms with Gasteiger partial charge in [0.05, 0.1) is 6.10 Å². The number of nitrogens with zero attached hydrogens (tertiary/aromatic N) is 1. The third-order valence-electron chi connectivity index (χ3n) is 2.88. The molecule has 0 saturated carbocycles. The van der Waals surface area contributed by atoms with Gasteiger partial charge in [-0.15, -0.1) is 0 Å². The first-order valence-electron chi connectivity index (χ1n) is 5.83. The highest BCUT2D eigenvalue weighted by atomic mass is 35.5. The van der Waals surface area contributed by atoms with Crippen LogP contribution in [-0.4, -0.2) is 29.6 Å². The normalized spacial score (nSPS) is 13.1. The predicted octanol–water partition coefficient (Wildman–Crippen LogP) is 3.11. The summed E-state index contributed by atoms with van der Waals surface area (Å²) in [6, 6.07) is 7.48. The summed E-state index contributed by atoms with van der Waals surface area (Å²) in [5.74, 6) is 0. The Morgan fingerprint density at radius 2 is 1.88 bits per heavy atom. The second-order valence-corrected chi connectivity index (χ2v) is 4.26. The molecule has 1 atom stereocenters.